The summed E-state index contributed by atoms with van der Waals surface area (Å²) in [6, 6.07) is 5.27. The first-order valence-electron chi connectivity index (χ1n) is 13.0. The molecular weight excluding hydrogens is 488 g/mol. The van der Waals surface area contributed by atoms with Gasteiger partial charge in [0.2, 0.25) is 6.79 Å². The first-order valence-corrected chi connectivity index (χ1v) is 13.0. The van der Waals surface area contributed by atoms with Crippen LogP contribution >= 0.6 is 0 Å². The number of rotatable bonds is 4. The second-order valence-electron chi connectivity index (χ2n) is 11.7. The van der Waals surface area contributed by atoms with Crippen molar-refractivity contribution in [1.82, 2.24) is 0 Å². The van der Waals surface area contributed by atoms with Gasteiger partial charge in [-0.15, -0.1) is 0 Å². The molecule has 8 heteroatoms. The molecular formula is C30H30O8. The molecule has 2 aliphatic heterocycles. The van der Waals surface area contributed by atoms with Crippen molar-refractivity contribution in [2.24, 2.45) is 34.0 Å². The number of carbonyl (C=O) groups excluding carboxylic acids is 4. The molecule has 8 nitrogen and oxygen atoms in total. The van der Waals surface area contributed by atoms with Crippen LogP contribution in [0.15, 0.2) is 48.6 Å². The van der Waals surface area contributed by atoms with Crippen LogP contribution in [0, 0.1) is 34.0 Å². The average Bonchev–Trinajstić information content (AvgIpc) is 3.40. The predicted octanol–water partition coefficient (Wildman–Crippen LogP) is 3.84. The Morgan fingerprint density at radius 3 is 2.71 bits per heavy atom. The molecule has 198 valence electrons. The monoisotopic (exact) mass is 518 g/mol. The molecule has 1 aromatic rings. The van der Waals surface area contributed by atoms with Crippen molar-refractivity contribution in [3.8, 4) is 11.5 Å². The molecule has 0 N–H and O–H groups in total. The van der Waals surface area contributed by atoms with Gasteiger partial charge in [-0.1, -0.05) is 38.6 Å². The number of hydrogen-bond acceptors (Lipinski definition) is 8. The second kappa shape index (κ2) is 8.41. The SMILES string of the molecule is C=C1C(=O)[C@@]23C(=O)OC[C@]4(C=CCC(C)(C)[C@H]4C=O)[C@@H]2CC[C@@H]1[C@H]3OC(=O)/C=C/c1ccc2c(c1)OCO2. The van der Waals surface area contributed by atoms with Gasteiger partial charge >= 0.3 is 11.9 Å². The van der Waals surface area contributed by atoms with Gasteiger partial charge in [0.1, 0.15) is 19.0 Å². The van der Waals surface area contributed by atoms with Crippen molar-refractivity contribution in [2.45, 2.75) is 39.2 Å². The number of hydrogen-bond donors (Lipinski definition) is 0. The summed E-state index contributed by atoms with van der Waals surface area (Å²) in [7, 11) is 0. The van der Waals surface area contributed by atoms with Crippen molar-refractivity contribution in [2.75, 3.05) is 13.4 Å². The molecule has 0 aromatic heterocycles. The molecule has 3 aliphatic carbocycles. The highest BCUT2D eigenvalue weighted by molar-refractivity contribution is 6.16. The van der Waals surface area contributed by atoms with Gasteiger partial charge < -0.3 is 23.7 Å². The summed E-state index contributed by atoms with van der Waals surface area (Å²) in [4.78, 5) is 53.1. The number of ether oxygens (including phenoxy) is 4. The Hall–Kier alpha value is -3.68. The molecule has 2 bridgehead atoms. The molecule has 0 unspecified atom stereocenters. The van der Waals surface area contributed by atoms with Crippen LogP contribution < -0.4 is 9.47 Å². The molecule has 38 heavy (non-hydrogen) atoms. The van der Waals surface area contributed by atoms with Crippen LogP contribution in [-0.4, -0.2) is 43.5 Å². The van der Waals surface area contributed by atoms with E-state index in [0.717, 1.165) is 6.29 Å². The molecule has 2 saturated carbocycles. The summed E-state index contributed by atoms with van der Waals surface area (Å²) >= 11 is 0. The van der Waals surface area contributed by atoms with Crippen LogP contribution in [0.3, 0.4) is 0 Å². The van der Waals surface area contributed by atoms with E-state index in [-0.39, 0.29) is 19.0 Å². The van der Waals surface area contributed by atoms with Crippen molar-refractivity contribution in [3.63, 3.8) is 0 Å². The van der Waals surface area contributed by atoms with E-state index in [1.165, 1.54) is 6.08 Å². The largest absolute Gasteiger partial charge is 0.464 e. The lowest BCUT2D eigenvalue weighted by Gasteiger charge is -2.58. The normalized spacial score (nSPS) is 36.3. The minimum atomic E-state index is -1.72. The lowest BCUT2D eigenvalue weighted by Crippen LogP contribution is -2.66. The van der Waals surface area contributed by atoms with E-state index < -0.39 is 57.8 Å². The number of fused-ring (bicyclic) bond motifs is 3. The van der Waals surface area contributed by atoms with Gasteiger partial charge in [-0.25, -0.2) is 4.79 Å². The maximum atomic E-state index is 13.9. The first-order chi connectivity index (χ1) is 18.1. The van der Waals surface area contributed by atoms with E-state index >= 15 is 0 Å². The third-order valence-corrected chi connectivity index (χ3v) is 9.37. The molecule has 6 rings (SSSR count). The topological polar surface area (TPSA) is 105 Å². The molecule has 2 heterocycles. The van der Waals surface area contributed by atoms with Gasteiger partial charge in [-0.2, -0.15) is 0 Å². The van der Waals surface area contributed by atoms with E-state index in [0.29, 0.717) is 36.3 Å². The summed E-state index contributed by atoms with van der Waals surface area (Å²) in [6.45, 7) is 8.18. The van der Waals surface area contributed by atoms with Crippen molar-refractivity contribution < 1.29 is 38.1 Å². The number of aldehydes is 1. The number of benzene rings is 1. The van der Waals surface area contributed by atoms with Crippen LogP contribution in [0.25, 0.3) is 6.08 Å². The smallest absolute Gasteiger partial charge is 0.331 e. The van der Waals surface area contributed by atoms with E-state index in [4.69, 9.17) is 18.9 Å². The number of ketones is 1. The molecule has 0 amide bonds. The highest BCUT2D eigenvalue weighted by Gasteiger charge is 2.76. The van der Waals surface area contributed by atoms with Crippen LogP contribution in [0.4, 0.5) is 0 Å². The maximum absolute atomic E-state index is 13.9. The van der Waals surface area contributed by atoms with Gasteiger partial charge in [0.05, 0.1) is 0 Å². The molecule has 1 saturated heterocycles. The minimum Gasteiger partial charge on any atom is -0.464 e. The second-order valence-corrected chi connectivity index (χ2v) is 11.7. The lowest BCUT2D eigenvalue weighted by atomic mass is 9.46. The predicted molar refractivity (Wildman–Crippen MR) is 135 cm³/mol. The quantitative estimate of drug-likeness (QED) is 0.195. The van der Waals surface area contributed by atoms with Crippen LogP contribution in [0.1, 0.15) is 38.7 Å². The molecule has 0 radical (unpaired) electrons. The molecule has 3 fully saturated rings. The number of cyclic esters (lactones) is 1. The number of allylic oxidation sites excluding steroid dienone is 1. The average molecular weight is 519 g/mol. The van der Waals surface area contributed by atoms with Crippen LogP contribution in [0.5, 0.6) is 11.5 Å². The highest BCUT2D eigenvalue weighted by atomic mass is 16.7. The number of esters is 2. The van der Waals surface area contributed by atoms with Gasteiger partial charge in [0.25, 0.3) is 0 Å². The van der Waals surface area contributed by atoms with Crippen LogP contribution in [0.2, 0.25) is 0 Å². The van der Waals surface area contributed by atoms with Gasteiger partial charge in [0.15, 0.2) is 22.7 Å². The number of Topliss-reactive ketones (excluding diaryl/α,β-unsaturated/α-hetero) is 1. The van der Waals surface area contributed by atoms with Gasteiger partial charge in [0, 0.05) is 23.3 Å². The Morgan fingerprint density at radius 1 is 1.13 bits per heavy atom. The van der Waals surface area contributed by atoms with Crippen molar-refractivity contribution >= 4 is 30.1 Å². The fourth-order valence-electron chi connectivity index (χ4n) is 7.62. The molecule has 1 aromatic carbocycles. The van der Waals surface area contributed by atoms with Crippen molar-refractivity contribution in [1.29, 1.82) is 0 Å². The van der Waals surface area contributed by atoms with Gasteiger partial charge in [-0.3, -0.25) is 9.59 Å². The van der Waals surface area contributed by atoms with Crippen molar-refractivity contribution in [3.05, 3.63) is 54.1 Å². The Bertz CT molecular complexity index is 1320. The summed E-state index contributed by atoms with van der Waals surface area (Å²) in [5, 5.41) is 0. The Balaban J connectivity index is 1.36. The summed E-state index contributed by atoms with van der Waals surface area (Å²) in [6.07, 6.45) is 8.45. The zero-order valence-electron chi connectivity index (χ0n) is 21.4. The van der Waals surface area contributed by atoms with Gasteiger partial charge in [-0.05, 0) is 59.9 Å². The Kier molecular flexibility index (Phi) is 5.46. The van der Waals surface area contributed by atoms with E-state index in [1.807, 2.05) is 26.0 Å². The summed E-state index contributed by atoms with van der Waals surface area (Å²) < 4.78 is 22.4. The Labute approximate surface area is 220 Å². The lowest BCUT2D eigenvalue weighted by molar-refractivity contribution is -0.215. The summed E-state index contributed by atoms with van der Waals surface area (Å²) in [5.74, 6) is -2.12. The zero-order chi connectivity index (χ0) is 26.9. The first kappa shape index (κ1) is 24.6. The summed E-state index contributed by atoms with van der Waals surface area (Å²) in [5.41, 5.74) is -2.00. The molecule has 2 spiro atoms. The Morgan fingerprint density at radius 2 is 1.92 bits per heavy atom. The van der Waals surface area contributed by atoms with E-state index in [1.54, 1.807) is 24.3 Å². The third kappa shape index (κ3) is 3.21. The fourth-order valence-corrected chi connectivity index (χ4v) is 7.62. The maximum Gasteiger partial charge on any atom is 0.331 e. The zero-order valence-corrected chi connectivity index (χ0v) is 21.4. The number of carbonyl (C=O) groups is 4. The van der Waals surface area contributed by atoms with E-state index in [2.05, 4.69) is 6.58 Å². The standard InChI is InChI=1S/C30H30O8/c1-17-19-7-9-22-29(12-4-11-28(2,3)23(29)14-31)15-35-27(34)30(22,25(17)33)26(19)38-24(32)10-6-18-5-8-20-21(13-18)37-16-36-20/h4-6,8,10,12-14,19,22-23,26H,1,7,9,11,15-16H2,2-3H3/b10-6+/t19-,22-,23+,26+,29+,30-/m0/s1. The fraction of sp³-hybridized carbons (Fsp3) is 0.467. The molecule has 5 aliphatic rings. The highest BCUT2D eigenvalue weighted by Crippen LogP contribution is 2.67. The van der Waals surface area contributed by atoms with E-state index in [9.17, 15) is 19.2 Å². The molecule has 6 atom stereocenters. The third-order valence-electron chi connectivity index (χ3n) is 9.37. The van der Waals surface area contributed by atoms with Crippen LogP contribution in [-0.2, 0) is 28.7 Å². The minimum absolute atomic E-state index is 0.0106.